The van der Waals surface area contributed by atoms with Crippen molar-refractivity contribution in [2.24, 2.45) is 0 Å². The van der Waals surface area contributed by atoms with Crippen molar-refractivity contribution in [3.8, 4) is 0 Å². The predicted octanol–water partition coefficient (Wildman–Crippen LogP) is 5.26. The van der Waals surface area contributed by atoms with Gasteiger partial charge in [0.05, 0.1) is 17.3 Å². The van der Waals surface area contributed by atoms with Crippen LogP contribution < -0.4 is 5.32 Å². The first-order chi connectivity index (χ1) is 16.0. The fourth-order valence-corrected chi connectivity index (χ4v) is 4.54. The Morgan fingerprint density at radius 2 is 2.00 bits per heavy atom. The second-order valence-electron chi connectivity index (χ2n) is 8.22. The van der Waals surface area contributed by atoms with E-state index < -0.39 is 0 Å². The Morgan fingerprint density at radius 1 is 1.18 bits per heavy atom. The molecular formula is C25H28FN5OS. The Bertz CT molecular complexity index is 1290. The molecule has 0 aliphatic carbocycles. The lowest BCUT2D eigenvalue weighted by atomic mass is 10.1. The van der Waals surface area contributed by atoms with Gasteiger partial charge in [-0.2, -0.15) is 0 Å². The Labute approximate surface area is 197 Å². The molecule has 1 N–H and O–H groups in total. The van der Waals surface area contributed by atoms with E-state index in [1.165, 1.54) is 17.8 Å². The van der Waals surface area contributed by atoms with E-state index in [0.29, 0.717) is 35.0 Å². The van der Waals surface area contributed by atoms with E-state index in [1.54, 1.807) is 12.1 Å². The van der Waals surface area contributed by atoms with Gasteiger partial charge in [-0.05, 0) is 38.5 Å². The molecule has 172 valence electrons. The Balaban J connectivity index is 1.66. The number of hydrogen-bond acceptors (Lipinski definition) is 5. The van der Waals surface area contributed by atoms with E-state index in [0.717, 1.165) is 35.7 Å². The molecule has 1 unspecified atom stereocenters. The highest BCUT2D eigenvalue weighted by Gasteiger charge is 2.20. The summed E-state index contributed by atoms with van der Waals surface area (Å²) in [7, 11) is 0. The summed E-state index contributed by atoms with van der Waals surface area (Å²) in [6.07, 6.45) is 3.18. The molecule has 2 aromatic heterocycles. The lowest BCUT2D eigenvalue weighted by molar-refractivity contribution is -0.120. The molecule has 8 heteroatoms. The number of halogens is 1. The van der Waals surface area contributed by atoms with Crippen molar-refractivity contribution in [2.75, 3.05) is 6.54 Å². The normalized spacial score (nSPS) is 12.4. The van der Waals surface area contributed by atoms with E-state index in [2.05, 4.69) is 22.4 Å². The second kappa shape index (κ2) is 10.3. The molecule has 6 nitrogen and oxygen atoms in total. The van der Waals surface area contributed by atoms with Crippen LogP contribution in [-0.4, -0.2) is 37.5 Å². The van der Waals surface area contributed by atoms with Gasteiger partial charge in [0, 0.05) is 17.5 Å². The molecule has 0 saturated carbocycles. The van der Waals surface area contributed by atoms with Crippen molar-refractivity contribution in [1.82, 2.24) is 25.1 Å². The Kier molecular flexibility index (Phi) is 7.23. The van der Waals surface area contributed by atoms with Crippen LogP contribution in [-0.2, 0) is 11.3 Å². The summed E-state index contributed by atoms with van der Waals surface area (Å²) in [5.41, 5.74) is 3.90. The first kappa shape index (κ1) is 23.2. The number of benzene rings is 2. The van der Waals surface area contributed by atoms with Gasteiger partial charge in [0.25, 0.3) is 0 Å². The summed E-state index contributed by atoms with van der Waals surface area (Å²) in [5, 5.41) is 12.7. The van der Waals surface area contributed by atoms with Gasteiger partial charge in [-0.1, -0.05) is 61.4 Å². The molecule has 4 aromatic rings. The van der Waals surface area contributed by atoms with E-state index in [1.807, 2.05) is 42.7 Å². The number of aryl methyl sites for hydroxylation is 1. The molecule has 0 aliphatic heterocycles. The third-order valence-electron chi connectivity index (χ3n) is 5.62. The third-order valence-corrected chi connectivity index (χ3v) is 6.57. The number of thioether (sulfide) groups is 1. The van der Waals surface area contributed by atoms with E-state index in [4.69, 9.17) is 4.98 Å². The molecule has 1 amide bonds. The monoisotopic (exact) mass is 465 g/mol. The minimum Gasteiger partial charge on any atom is -0.355 e. The SMILES string of the molecule is CCCCCNC(=O)C(C)Sc1nnc2c3cc(C)ccc3n(Cc3ccccc3F)c2n1. The fraction of sp³-hybridized carbons (Fsp3) is 0.360. The van der Waals surface area contributed by atoms with Crippen LogP contribution in [0, 0.1) is 12.7 Å². The van der Waals surface area contributed by atoms with Crippen LogP contribution in [0.1, 0.15) is 44.2 Å². The van der Waals surface area contributed by atoms with Gasteiger partial charge in [0.2, 0.25) is 11.1 Å². The number of unbranched alkanes of at least 4 members (excludes halogenated alkanes) is 2. The molecule has 0 radical (unpaired) electrons. The van der Waals surface area contributed by atoms with E-state index in [9.17, 15) is 9.18 Å². The summed E-state index contributed by atoms with van der Waals surface area (Å²) >= 11 is 1.28. The summed E-state index contributed by atoms with van der Waals surface area (Å²) < 4.78 is 16.4. The number of carbonyl (C=O) groups is 1. The average molecular weight is 466 g/mol. The maximum absolute atomic E-state index is 14.4. The third kappa shape index (κ3) is 5.16. The largest absolute Gasteiger partial charge is 0.355 e. The summed E-state index contributed by atoms with van der Waals surface area (Å²) in [6.45, 7) is 6.99. The lowest BCUT2D eigenvalue weighted by Crippen LogP contribution is -2.31. The van der Waals surface area contributed by atoms with E-state index in [-0.39, 0.29) is 17.0 Å². The van der Waals surface area contributed by atoms with Crippen LogP contribution in [0.15, 0.2) is 47.6 Å². The van der Waals surface area contributed by atoms with Crippen LogP contribution in [0.4, 0.5) is 4.39 Å². The van der Waals surface area contributed by atoms with Crippen molar-refractivity contribution in [3.63, 3.8) is 0 Å². The first-order valence-corrected chi connectivity index (χ1v) is 12.2. The van der Waals surface area contributed by atoms with Gasteiger partial charge >= 0.3 is 0 Å². The van der Waals surface area contributed by atoms with Crippen LogP contribution in [0.5, 0.6) is 0 Å². The van der Waals surface area contributed by atoms with Gasteiger partial charge < -0.3 is 9.88 Å². The molecule has 1 atom stereocenters. The minimum atomic E-state index is -0.350. The number of fused-ring (bicyclic) bond motifs is 3. The molecular weight excluding hydrogens is 437 g/mol. The molecule has 0 aliphatic rings. The number of nitrogens with zero attached hydrogens (tertiary/aromatic N) is 4. The van der Waals surface area contributed by atoms with Gasteiger partial charge in [-0.15, -0.1) is 10.2 Å². The molecule has 0 saturated heterocycles. The topological polar surface area (TPSA) is 72.7 Å². The van der Waals surface area contributed by atoms with Crippen molar-refractivity contribution < 1.29 is 9.18 Å². The molecule has 33 heavy (non-hydrogen) atoms. The summed E-state index contributed by atoms with van der Waals surface area (Å²) in [5.74, 6) is -0.299. The zero-order valence-corrected chi connectivity index (χ0v) is 20.0. The highest BCUT2D eigenvalue weighted by atomic mass is 32.2. The molecule has 0 bridgehead atoms. The van der Waals surface area contributed by atoms with Gasteiger partial charge in [0.1, 0.15) is 11.3 Å². The zero-order chi connectivity index (χ0) is 23.4. The standard InChI is InChI=1S/C25H28FN5OS/c1-4-5-8-13-27-24(32)17(3)33-25-28-23-22(29-30-25)19-14-16(2)11-12-21(19)31(23)15-18-9-6-7-10-20(18)26/h6-7,9-12,14,17H,4-5,8,13,15H2,1-3H3,(H,27,32). The zero-order valence-electron chi connectivity index (χ0n) is 19.1. The number of nitrogens with one attached hydrogen (secondary N) is 1. The molecule has 0 spiro atoms. The Morgan fingerprint density at radius 3 is 2.79 bits per heavy atom. The van der Waals surface area contributed by atoms with Crippen LogP contribution in [0.25, 0.3) is 22.1 Å². The maximum atomic E-state index is 14.4. The number of rotatable bonds is 9. The predicted molar refractivity (Wildman–Crippen MR) is 131 cm³/mol. The highest BCUT2D eigenvalue weighted by molar-refractivity contribution is 8.00. The van der Waals surface area contributed by atoms with Crippen LogP contribution in [0.2, 0.25) is 0 Å². The summed E-state index contributed by atoms with van der Waals surface area (Å²) in [4.78, 5) is 17.2. The highest BCUT2D eigenvalue weighted by Crippen LogP contribution is 2.30. The van der Waals surface area contributed by atoms with E-state index >= 15 is 0 Å². The molecule has 2 heterocycles. The summed E-state index contributed by atoms with van der Waals surface area (Å²) in [6, 6.07) is 12.8. The quantitative estimate of drug-likeness (QED) is 0.270. The van der Waals surface area contributed by atoms with Crippen molar-refractivity contribution in [1.29, 1.82) is 0 Å². The number of amides is 1. The smallest absolute Gasteiger partial charge is 0.233 e. The van der Waals surface area contributed by atoms with Crippen molar-refractivity contribution in [3.05, 3.63) is 59.4 Å². The number of carbonyl (C=O) groups excluding carboxylic acids is 1. The second-order valence-corrected chi connectivity index (χ2v) is 9.53. The number of aromatic nitrogens is 4. The minimum absolute atomic E-state index is 0.0395. The molecule has 2 aromatic carbocycles. The van der Waals surface area contributed by atoms with Gasteiger partial charge in [0.15, 0.2) is 5.65 Å². The number of hydrogen-bond donors (Lipinski definition) is 1. The molecule has 4 rings (SSSR count). The first-order valence-electron chi connectivity index (χ1n) is 11.3. The lowest BCUT2D eigenvalue weighted by Gasteiger charge is -2.11. The van der Waals surface area contributed by atoms with Gasteiger partial charge in [-0.25, -0.2) is 9.37 Å². The maximum Gasteiger partial charge on any atom is 0.233 e. The fourth-order valence-electron chi connectivity index (χ4n) is 3.80. The average Bonchev–Trinajstić information content (AvgIpc) is 3.10. The molecule has 0 fully saturated rings. The van der Waals surface area contributed by atoms with Gasteiger partial charge in [-0.3, -0.25) is 4.79 Å². The van der Waals surface area contributed by atoms with Crippen LogP contribution >= 0.6 is 11.8 Å². The van der Waals surface area contributed by atoms with Crippen LogP contribution in [0.3, 0.4) is 0 Å². The Hall–Kier alpha value is -3.00. The van der Waals surface area contributed by atoms with Crippen molar-refractivity contribution >= 4 is 39.7 Å². The van der Waals surface area contributed by atoms with Crippen molar-refractivity contribution in [2.45, 2.75) is 57.0 Å².